The van der Waals surface area contributed by atoms with E-state index in [9.17, 15) is 0 Å². The molecule has 0 atom stereocenters. The summed E-state index contributed by atoms with van der Waals surface area (Å²) in [5, 5.41) is 3.35. The zero-order valence-corrected chi connectivity index (χ0v) is 8.99. The molecule has 14 heavy (non-hydrogen) atoms. The summed E-state index contributed by atoms with van der Waals surface area (Å²) in [6, 6.07) is 2.42. The van der Waals surface area contributed by atoms with E-state index >= 15 is 0 Å². The van der Waals surface area contributed by atoms with E-state index in [-0.39, 0.29) is 0 Å². The lowest BCUT2D eigenvalue weighted by Crippen LogP contribution is -2.24. The highest BCUT2D eigenvalue weighted by Crippen LogP contribution is 2.00. The van der Waals surface area contributed by atoms with Gasteiger partial charge in [0.25, 0.3) is 0 Å². The highest BCUT2D eigenvalue weighted by atomic mass is 14.9. The van der Waals surface area contributed by atoms with Crippen LogP contribution in [0.4, 0.5) is 0 Å². The molecule has 3 heteroatoms. The van der Waals surface area contributed by atoms with Crippen molar-refractivity contribution in [3.8, 4) is 0 Å². The molecule has 1 aromatic heterocycles. The van der Waals surface area contributed by atoms with Crippen LogP contribution < -0.4 is 5.32 Å². The average Bonchev–Trinajstić information content (AvgIpc) is 2.16. The molecule has 0 amide bonds. The summed E-state index contributed by atoms with van der Waals surface area (Å²) >= 11 is 0. The summed E-state index contributed by atoms with van der Waals surface area (Å²) in [4.78, 5) is 8.00. The van der Waals surface area contributed by atoms with Gasteiger partial charge in [0.15, 0.2) is 0 Å². The molecular formula is C11H17N3. The summed E-state index contributed by atoms with van der Waals surface area (Å²) in [7, 11) is 0. The molecule has 1 heterocycles. The third-order valence-corrected chi connectivity index (χ3v) is 1.79. The Kier molecular flexibility index (Phi) is 4.26. The van der Waals surface area contributed by atoms with Crippen molar-refractivity contribution in [2.75, 3.05) is 6.54 Å². The van der Waals surface area contributed by atoms with E-state index in [0.29, 0.717) is 6.04 Å². The van der Waals surface area contributed by atoms with Crippen LogP contribution >= 0.6 is 0 Å². The van der Waals surface area contributed by atoms with E-state index in [0.717, 1.165) is 12.2 Å². The van der Waals surface area contributed by atoms with Crippen LogP contribution in [0.5, 0.6) is 0 Å². The van der Waals surface area contributed by atoms with Gasteiger partial charge >= 0.3 is 0 Å². The lowest BCUT2D eigenvalue weighted by atomic mass is 10.2. The fourth-order valence-corrected chi connectivity index (χ4v) is 1.05. The van der Waals surface area contributed by atoms with Crippen LogP contribution in [0.25, 0.3) is 6.08 Å². The average molecular weight is 191 g/mol. The summed E-state index contributed by atoms with van der Waals surface area (Å²) in [5.41, 5.74) is 2.24. The van der Waals surface area contributed by atoms with Crippen molar-refractivity contribution in [2.24, 2.45) is 0 Å². The van der Waals surface area contributed by atoms with Gasteiger partial charge in [0, 0.05) is 18.8 Å². The molecule has 0 aromatic carbocycles. The first-order valence-corrected chi connectivity index (χ1v) is 4.85. The van der Waals surface area contributed by atoms with Gasteiger partial charge in [-0.15, -0.1) is 0 Å². The maximum atomic E-state index is 4.13. The second-order valence-electron chi connectivity index (χ2n) is 3.66. The smallest absolute Gasteiger partial charge is 0.115 e. The van der Waals surface area contributed by atoms with Crippen LogP contribution in [0.2, 0.25) is 0 Å². The van der Waals surface area contributed by atoms with Crippen molar-refractivity contribution in [1.82, 2.24) is 15.3 Å². The van der Waals surface area contributed by atoms with Crippen molar-refractivity contribution in [3.05, 3.63) is 29.9 Å². The van der Waals surface area contributed by atoms with Crippen molar-refractivity contribution in [1.29, 1.82) is 0 Å². The first-order chi connectivity index (χ1) is 6.68. The van der Waals surface area contributed by atoms with Crippen LogP contribution in [-0.4, -0.2) is 22.6 Å². The van der Waals surface area contributed by atoms with Crippen molar-refractivity contribution >= 4 is 6.08 Å². The Morgan fingerprint density at radius 3 is 2.93 bits per heavy atom. The minimum atomic E-state index is 0.517. The first kappa shape index (κ1) is 10.9. The van der Waals surface area contributed by atoms with Crippen molar-refractivity contribution < 1.29 is 0 Å². The number of nitrogens with zero attached hydrogens (tertiary/aromatic N) is 2. The van der Waals surface area contributed by atoms with Crippen molar-refractivity contribution in [2.45, 2.75) is 26.8 Å². The molecule has 1 aromatic rings. The Morgan fingerprint density at radius 2 is 2.36 bits per heavy atom. The van der Waals surface area contributed by atoms with Gasteiger partial charge in [-0.05, 0) is 19.1 Å². The number of nitrogens with one attached hydrogen (secondary N) is 1. The van der Waals surface area contributed by atoms with Crippen molar-refractivity contribution in [3.63, 3.8) is 0 Å². The molecule has 0 bridgehead atoms. The zero-order valence-electron chi connectivity index (χ0n) is 8.99. The largest absolute Gasteiger partial charge is 0.311 e. The van der Waals surface area contributed by atoms with Gasteiger partial charge in [0.1, 0.15) is 6.33 Å². The maximum absolute atomic E-state index is 4.13. The predicted molar refractivity (Wildman–Crippen MR) is 58.8 cm³/mol. The highest BCUT2D eigenvalue weighted by Gasteiger charge is 1.94. The molecule has 3 nitrogen and oxygen atoms in total. The first-order valence-electron chi connectivity index (χ1n) is 4.85. The minimum Gasteiger partial charge on any atom is -0.311 e. The topological polar surface area (TPSA) is 37.8 Å². The van der Waals surface area contributed by atoms with Gasteiger partial charge < -0.3 is 5.32 Å². The van der Waals surface area contributed by atoms with Crippen LogP contribution in [0.15, 0.2) is 24.2 Å². The van der Waals surface area contributed by atoms with Gasteiger partial charge in [0.2, 0.25) is 0 Å². The van der Waals surface area contributed by atoms with Gasteiger partial charge in [-0.1, -0.05) is 19.4 Å². The molecule has 0 fully saturated rings. The van der Waals surface area contributed by atoms with Gasteiger partial charge in [-0.25, -0.2) is 9.97 Å². The molecule has 0 radical (unpaired) electrons. The second-order valence-corrected chi connectivity index (χ2v) is 3.66. The fourth-order valence-electron chi connectivity index (χ4n) is 1.05. The lowest BCUT2D eigenvalue weighted by molar-refractivity contribution is 0.622. The van der Waals surface area contributed by atoms with Crippen LogP contribution in [0.3, 0.4) is 0 Å². The van der Waals surface area contributed by atoms with Crippen LogP contribution in [0, 0.1) is 0 Å². The van der Waals surface area contributed by atoms with E-state index < -0.39 is 0 Å². The summed E-state index contributed by atoms with van der Waals surface area (Å²) < 4.78 is 0. The van der Waals surface area contributed by atoms with Gasteiger partial charge in [-0.3, -0.25) is 0 Å². The number of hydrogen-bond donors (Lipinski definition) is 1. The molecule has 0 unspecified atom stereocenters. The molecule has 0 aliphatic rings. The Balaban J connectivity index is 2.52. The summed E-state index contributed by atoms with van der Waals surface area (Å²) in [5.74, 6) is 0. The Hall–Kier alpha value is -1.22. The molecular weight excluding hydrogens is 174 g/mol. The van der Waals surface area contributed by atoms with Crippen LogP contribution in [-0.2, 0) is 0 Å². The van der Waals surface area contributed by atoms with Gasteiger partial charge in [-0.2, -0.15) is 0 Å². The number of hydrogen-bond acceptors (Lipinski definition) is 3. The number of aromatic nitrogens is 2. The molecule has 0 saturated carbocycles. The second kappa shape index (κ2) is 5.50. The Bertz CT molecular complexity index is 291. The Labute approximate surface area is 85.3 Å². The third kappa shape index (κ3) is 4.14. The van der Waals surface area contributed by atoms with E-state index in [2.05, 4.69) is 42.1 Å². The standard InChI is InChI=1S/C11H17N3/c1-9(2)13-7-10(3)6-11-4-5-12-8-14-11/h4-6,8-9,13H,7H2,1-3H3. The SMILES string of the molecule is CC(=Cc1ccncn1)CNC(C)C. The molecule has 0 spiro atoms. The van der Waals surface area contributed by atoms with E-state index in [4.69, 9.17) is 0 Å². The fraction of sp³-hybridized carbons (Fsp3) is 0.455. The van der Waals surface area contributed by atoms with E-state index in [1.165, 1.54) is 5.57 Å². The van der Waals surface area contributed by atoms with E-state index in [1.54, 1.807) is 12.5 Å². The minimum absolute atomic E-state index is 0.517. The molecule has 1 N–H and O–H groups in total. The monoisotopic (exact) mass is 191 g/mol. The lowest BCUT2D eigenvalue weighted by Gasteiger charge is -2.07. The normalized spacial score (nSPS) is 12.1. The third-order valence-electron chi connectivity index (χ3n) is 1.79. The molecule has 0 aliphatic heterocycles. The summed E-state index contributed by atoms with van der Waals surface area (Å²) in [6.07, 6.45) is 5.38. The maximum Gasteiger partial charge on any atom is 0.115 e. The highest BCUT2D eigenvalue weighted by molar-refractivity contribution is 5.47. The molecule has 1 rings (SSSR count). The number of rotatable bonds is 4. The Morgan fingerprint density at radius 1 is 1.57 bits per heavy atom. The quantitative estimate of drug-likeness (QED) is 0.789. The molecule has 0 aliphatic carbocycles. The zero-order chi connectivity index (χ0) is 10.4. The van der Waals surface area contributed by atoms with Crippen LogP contribution in [0.1, 0.15) is 26.5 Å². The summed E-state index contributed by atoms with van der Waals surface area (Å²) in [6.45, 7) is 7.27. The van der Waals surface area contributed by atoms with E-state index in [1.807, 2.05) is 6.07 Å². The molecule has 76 valence electrons. The predicted octanol–water partition coefficient (Wildman–Crippen LogP) is 1.88. The van der Waals surface area contributed by atoms with Gasteiger partial charge in [0.05, 0.1) is 5.69 Å². The molecule has 0 saturated heterocycles.